The van der Waals surface area contributed by atoms with Crippen LogP contribution in [0.15, 0.2) is 48.5 Å². The molecule has 1 unspecified atom stereocenters. The van der Waals surface area contributed by atoms with Crippen molar-refractivity contribution in [3.05, 3.63) is 54.1 Å². The van der Waals surface area contributed by atoms with Crippen LogP contribution in [-0.4, -0.2) is 49.5 Å². The number of rotatable bonds is 10. The third-order valence-corrected chi connectivity index (χ3v) is 4.20. The average molecular weight is 359 g/mol. The molecule has 0 bridgehead atoms. The molecule has 0 radical (unpaired) electrons. The monoisotopic (exact) mass is 359 g/mol. The maximum Gasteiger partial charge on any atom is 0.119 e. The molecule has 1 atom stereocenters. The van der Waals surface area contributed by atoms with Crippen LogP contribution in [-0.2, 0) is 6.54 Å². The van der Waals surface area contributed by atoms with Gasteiger partial charge < -0.3 is 19.3 Å². The first kappa shape index (κ1) is 20.1. The summed E-state index contributed by atoms with van der Waals surface area (Å²) in [5, 5.41) is 10.4. The molecule has 0 heterocycles. The van der Waals surface area contributed by atoms with Crippen LogP contribution < -0.4 is 14.2 Å². The molecule has 0 saturated carbocycles. The molecule has 0 fully saturated rings. The smallest absolute Gasteiger partial charge is 0.119 e. The first-order chi connectivity index (χ1) is 12.5. The van der Waals surface area contributed by atoms with Crippen molar-refractivity contribution in [1.29, 1.82) is 0 Å². The molecule has 142 valence electrons. The number of aliphatic hydroxyl groups excluding tert-OH is 1. The van der Waals surface area contributed by atoms with Crippen LogP contribution in [0.1, 0.15) is 19.4 Å². The summed E-state index contributed by atoms with van der Waals surface area (Å²) in [5.74, 6) is 2.34. The standard InChI is InChI=1S/C21H29NO4/c1-16(2)22(13-17-6-5-7-21(12-17)25-4)14-18(23)15-26-20-10-8-19(24-3)9-11-20/h5-12,16,18,23H,13-15H2,1-4H3. The zero-order valence-electron chi connectivity index (χ0n) is 16.0. The highest BCUT2D eigenvalue weighted by molar-refractivity contribution is 5.31. The van der Waals surface area contributed by atoms with Gasteiger partial charge in [-0.3, -0.25) is 4.90 Å². The lowest BCUT2D eigenvalue weighted by molar-refractivity contribution is 0.0543. The fourth-order valence-corrected chi connectivity index (χ4v) is 2.65. The zero-order chi connectivity index (χ0) is 18.9. The second kappa shape index (κ2) is 10.0. The molecule has 5 nitrogen and oxygen atoms in total. The Morgan fingerprint density at radius 3 is 2.19 bits per heavy atom. The molecule has 2 aromatic carbocycles. The number of benzene rings is 2. The number of hydrogen-bond donors (Lipinski definition) is 1. The Kier molecular flexibility index (Phi) is 7.75. The van der Waals surface area contributed by atoms with Crippen LogP contribution in [0.4, 0.5) is 0 Å². The summed E-state index contributed by atoms with van der Waals surface area (Å²) < 4.78 is 16.1. The van der Waals surface area contributed by atoms with Gasteiger partial charge in [0.1, 0.15) is 30.0 Å². The first-order valence-electron chi connectivity index (χ1n) is 8.83. The minimum absolute atomic E-state index is 0.244. The van der Waals surface area contributed by atoms with E-state index in [0.29, 0.717) is 18.3 Å². The Balaban J connectivity index is 1.89. The summed E-state index contributed by atoms with van der Waals surface area (Å²) in [4.78, 5) is 2.22. The highest BCUT2D eigenvalue weighted by Gasteiger charge is 2.16. The van der Waals surface area contributed by atoms with E-state index in [1.807, 2.05) is 42.5 Å². The quantitative estimate of drug-likeness (QED) is 0.705. The number of ether oxygens (including phenoxy) is 3. The lowest BCUT2D eigenvalue weighted by Crippen LogP contribution is -2.39. The van der Waals surface area contributed by atoms with E-state index in [1.165, 1.54) is 0 Å². The SMILES string of the molecule is COc1ccc(OCC(O)CN(Cc2cccc(OC)c2)C(C)C)cc1. The number of methoxy groups -OCH3 is 2. The summed E-state index contributed by atoms with van der Waals surface area (Å²) >= 11 is 0. The highest BCUT2D eigenvalue weighted by atomic mass is 16.5. The summed E-state index contributed by atoms with van der Waals surface area (Å²) in [5.41, 5.74) is 1.15. The van der Waals surface area contributed by atoms with Crippen LogP contribution in [0.25, 0.3) is 0 Å². The molecule has 0 amide bonds. The average Bonchev–Trinajstić information content (AvgIpc) is 2.66. The topological polar surface area (TPSA) is 51.2 Å². The van der Waals surface area contributed by atoms with Crippen molar-refractivity contribution in [2.75, 3.05) is 27.4 Å². The fourth-order valence-electron chi connectivity index (χ4n) is 2.65. The predicted octanol–water partition coefficient (Wildman–Crippen LogP) is 3.35. The minimum Gasteiger partial charge on any atom is -0.497 e. The van der Waals surface area contributed by atoms with Gasteiger partial charge in [0.25, 0.3) is 0 Å². The maximum absolute atomic E-state index is 10.4. The molecule has 26 heavy (non-hydrogen) atoms. The lowest BCUT2D eigenvalue weighted by atomic mass is 10.1. The Morgan fingerprint density at radius 2 is 1.58 bits per heavy atom. The molecule has 0 aliphatic heterocycles. The summed E-state index contributed by atoms with van der Waals surface area (Å²) in [6, 6.07) is 15.7. The third kappa shape index (κ3) is 6.24. The van der Waals surface area contributed by atoms with E-state index in [1.54, 1.807) is 14.2 Å². The van der Waals surface area contributed by atoms with Crippen LogP contribution in [0, 0.1) is 0 Å². The number of aliphatic hydroxyl groups is 1. The van der Waals surface area contributed by atoms with Crippen LogP contribution >= 0.6 is 0 Å². The van der Waals surface area contributed by atoms with Crippen LogP contribution in [0.3, 0.4) is 0 Å². The van der Waals surface area contributed by atoms with Gasteiger partial charge in [0.05, 0.1) is 14.2 Å². The molecular weight excluding hydrogens is 330 g/mol. The zero-order valence-corrected chi connectivity index (χ0v) is 16.0. The number of nitrogens with zero attached hydrogens (tertiary/aromatic N) is 1. The van der Waals surface area contributed by atoms with Crippen molar-refractivity contribution in [2.24, 2.45) is 0 Å². The molecule has 0 spiro atoms. The van der Waals surface area contributed by atoms with E-state index >= 15 is 0 Å². The van der Waals surface area contributed by atoms with Gasteiger partial charge in [-0.25, -0.2) is 0 Å². The molecule has 2 rings (SSSR count). The Hall–Kier alpha value is -2.24. The normalized spacial score (nSPS) is 12.3. The number of hydrogen-bond acceptors (Lipinski definition) is 5. The Morgan fingerprint density at radius 1 is 0.923 bits per heavy atom. The van der Waals surface area contributed by atoms with Gasteiger partial charge in [-0.2, -0.15) is 0 Å². The Bertz CT molecular complexity index is 657. The van der Waals surface area contributed by atoms with E-state index in [4.69, 9.17) is 14.2 Å². The third-order valence-electron chi connectivity index (χ3n) is 4.20. The molecule has 0 aliphatic carbocycles. The van der Waals surface area contributed by atoms with Gasteiger partial charge in [-0.1, -0.05) is 12.1 Å². The second-order valence-corrected chi connectivity index (χ2v) is 6.52. The summed E-state index contributed by atoms with van der Waals surface area (Å²) in [7, 11) is 3.29. The minimum atomic E-state index is -0.579. The van der Waals surface area contributed by atoms with Crippen molar-refractivity contribution in [1.82, 2.24) is 4.90 Å². The van der Waals surface area contributed by atoms with E-state index in [2.05, 4.69) is 24.8 Å². The molecule has 0 saturated heterocycles. The van der Waals surface area contributed by atoms with Gasteiger partial charge in [0.15, 0.2) is 0 Å². The second-order valence-electron chi connectivity index (χ2n) is 6.52. The van der Waals surface area contributed by atoms with Gasteiger partial charge in [-0.15, -0.1) is 0 Å². The van der Waals surface area contributed by atoms with Crippen molar-refractivity contribution in [3.63, 3.8) is 0 Å². The summed E-state index contributed by atoms with van der Waals surface area (Å²) in [6.45, 7) is 5.77. The van der Waals surface area contributed by atoms with Crippen LogP contribution in [0.5, 0.6) is 17.2 Å². The van der Waals surface area contributed by atoms with Crippen molar-refractivity contribution in [3.8, 4) is 17.2 Å². The molecule has 2 aromatic rings. The van der Waals surface area contributed by atoms with Gasteiger partial charge in [0, 0.05) is 19.1 Å². The fraction of sp³-hybridized carbons (Fsp3) is 0.429. The molecule has 5 heteroatoms. The first-order valence-corrected chi connectivity index (χ1v) is 8.83. The molecular formula is C21H29NO4. The van der Waals surface area contributed by atoms with E-state index < -0.39 is 6.10 Å². The van der Waals surface area contributed by atoms with Gasteiger partial charge in [0.2, 0.25) is 0 Å². The van der Waals surface area contributed by atoms with Crippen molar-refractivity contribution < 1.29 is 19.3 Å². The lowest BCUT2D eigenvalue weighted by Gasteiger charge is -2.29. The van der Waals surface area contributed by atoms with E-state index in [9.17, 15) is 5.11 Å². The summed E-state index contributed by atoms with van der Waals surface area (Å²) in [6.07, 6.45) is -0.579. The van der Waals surface area contributed by atoms with Crippen molar-refractivity contribution in [2.45, 2.75) is 32.5 Å². The Labute approximate surface area is 156 Å². The molecule has 0 aromatic heterocycles. The largest absolute Gasteiger partial charge is 0.497 e. The van der Waals surface area contributed by atoms with E-state index in [0.717, 1.165) is 23.6 Å². The maximum atomic E-state index is 10.4. The van der Waals surface area contributed by atoms with E-state index in [-0.39, 0.29) is 6.61 Å². The molecule has 0 aliphatic rings. The van der Waals surface area contributed by atoms with Crippen LogP contribution in [0.2, 0.25) is 0 Å². The predicted molar refractivity (Wildman–Crippen MR) is 103 cm³/mol. The van der Waals surface area contributed by atoms with Gasteiger partial charge in [-0.05, 0) is 55.8 Å². The molecule has 1 N–H and O–H groups in total. The van der Waals surface area contributed by atoms with Crippen molar-refractivity contribution >= 4 is 0 Å². The highest BCUT2D eigenvalue weighted by Crippen LogP contribution is 2.18. The van der Waals surface area contributed by atoms with Gasteiger partial charge >= 0.3 is 0 Å².